The summed E-state index contributed by atoms with van der Waals surface area (Å²) in [5.74, 6) is 0.997. The maximum Gasteiger partial charge on any atom is 0.311 e. The zero-order chi connectivity index (χ0) is 21.2. The van der Waals surface area contributed by atoms with Crippen LogP contribution in [0.25, 0.3) is 5.70 Å². The van der Waals surface area contributed by atoms with E-state index in [1.165, 1.54) is 13.2 Å². The number of ether oxygens (including phenoxy) is 3. The third-order valence-corrected chi connectivity index (χ3v) is 4.28. The number of carbonyl (C=O) groups excluding carboxylic acids is 2. The van der Waals surface area contributed by atoms with Gasteiger partial charge in [-0.25, -0.2) is 0 Å². The van der Waals surface area contributed by atoms with Crippen LogP contribution in [0.4, 0.5) is 5.69 Å². The fourth-order valence-electron chi connectivity index (χ4n) is 2.79. The summed E-state index contributed by atoms with van der Waals surface area (Å²) in [5, 5.41) is 0. The van der Waals surface area contributed by atoms with Crippen LogP contribution in [-0.4, -0.2) is 33.5 Å². The maximum atomic E-state index is 12.0. The Bertz CT molecular complexity index is 904. The molecular formula is C23H25NO5. The van der Waals surface area contributed by atoms with Crippen LogP contribution in [-0.2, 0) is 9.59 Å². The van der Waals surface area contributed by atoms with Crippen molar-refractivity contribution in [1.82, 2.24) is 0 Å². The number of esters is 1. The molecule has 6 heteroatoms. The van der Waals surface area contributed by atoms with E-state index in [0.717, 1.165) is 11.8 Å². The van der Waals surface area contributed by atoms with Gasteiger partial charge in [0.25, 0.3) is 0 Å². The largest absolute Gasteiger partial charge is 0.496 e. The molecule has 0 unspecified atom stereocenters. The van der Waals surface area contributed by atoms with Gasteiger partial charge in [0.1, 0.15) is 12.0 Å². The molecule has 0 fully saturated rings. The molecule has 152 valence electrons. The summed E-state index contributed by atoms with van der Waals surface area (Å²) >= 11 is 0. The molecular weight excluding hydrogens is 370 g/mol. The number of carbonyl (C=O) groups is 2. The molecule has 0 aliphatic heterocycles. The molecule has 2 aromatic rings. The first-order valence-electron chi connectivity index (χ1n) is 9.07. The highest BCUT2D eigenvalue weighted by Gasteiger charge is 2.17. The molecule has 0 aliphatic rings. The molecule has 2 aromatic carbocycles. The number of methoxy groups -OCH3 is 2. The average molecular weight is 395 g/mol. The summed E-state index contributed by atoms with van der Waals surface area (Å²) in [5.41, 5.74) is 2.09. The number of anilines is 1. The van der Waals surface area contributed by atoms with Crippen LogP contribution >= 0.6 is 0 Å². The van der Waals surface area contributed by atoms with Gasteiger partial charge in [-0.05, 0) is 30.7 Å². The van der Waals surface area contributed by atoms with Crippen molar-refractivity contribution < 1.29 is 23.8 Å². The first kappa shape index (κ1) is 21.8. The number of benzene rings is 2. The third-order valence-electron chi connectivity index (χ3n) is 4.28. The zero-order valence-electron chi connectivity index (χ0n) is 16.9. The molecule has 0 atom stereocenters. The molecule has 0 spiro atoms. The molecule has 0 bridgehead atoms. The SMILES string of the molecule is C=CCCC(=O)Oc1cc(N(C)/C(=C/C=O)c2ccccc2OC)ccc1OC. The number of allylic oxidation sites excluding steroid dienone is 2. The second-order valence-electron chi connectivity index (χ2n) is 6.08. The van der Waals surface area contributed by atoms with Crippen molar-refractivity contribution in [3.63, 3.8) is 0 Å². The van der Waals surface area contributed by atoms with Gasteiger partial charge in [0.2, 0.25) is 0 Å². The van der Waals surface area contributed by atoms with Crippen molar-refractivity contribution in [2.45, 2.75) is 12.8 Å². The number of para-hydroxylation sites is 1. The van der Waals surface area contributed by atoms with E-state index >= 15 is 0 Å². The van der Waals surface area contributed by atoms with Gasteiger partial charge >= 0.3 is 5.97 Å². The van der Waals surface area contributed by atoms with Crippen molar-refractivity contribution in [2.75, 3.05) is 26.2 Å². The topological polar surface area (TPSA) is 65.1 Å². The standard InChI is InChI=1S/C23H25NO5/c1-5-6-11-23(26)29-22-16-17(12-13-21(22)28-4)24(2)19(14-15-25)18-9-7-8-10-20(18)27-3/h5,7-10,12-16H,1,6,11H2,2-4H3/b19-14+. The smallest absolute Gasteiger partial charge is 0.311 e. The van der Waals surface area contributed by atoms with Gasteiger partial charge in [-0.15, -0.1) is 6.58 Å². The first-order chi connectivity index (χ1) is 14.0. The van der Waals surface area contributed by atoms with Gasteiger partial charge in [0.15, 0.2) is 11.5 Å². The van der Waals surface area contributed by atoms with Crippen LogP contribution in [0, 0.1) is 0 Å². The van der Waals surface area contributed by atoms with Crippen molar-refractivity contribution in [3.8, 4) is 17.2 Å². The fourth-order valence-corrected chi connectivity index (χ4v) is 2.79. The fraction of sp³-hybridized carbons (Fsp3) is 0.217. The van der Waals surface area contributed by atoms with Crippen LogP contribution < -0.4 is 19.1 Å². The molecule has 2 rings (SSSR count). The third kappa shape index (κ3) is 5.48. The molecule has 0 amide bonds. The van der Waals surface area contributed by atoms with E-state index in [2.05, 4.69) is 6.58 Å². The zero-order valence-corrected chi connectivity index (χ0v) is 16.9. The summed E-state index contributed by atoms with van der Waals surface area (Å²) in [6.45, 7) is 3.61. The molecule has 0 radical (unpaired) electrons. The highest BCUT2D eigenvalue weighted by Crippen LogP contribution is 2.36. The number of nitrogens with zero attached hydrogens (tertiary/aromatic N) is 1. The molecule has 6 nitrogen and oxygen atoms in total. The van der Waals surface area contributed by atoms with Crippen LogP contribution in [0.2, 0.25) is 0 Å². The van der Waals surface area contributed by atoms with Gasteiger partial charge in [-0.2, -0.15) is 0 Å². The monoisotopic (exact) mass is 395 g/mol. The Labute approximate surface area is 171 Å². The van der Waals surface area contributed by atoms with E-state index in [4.69, 9.17) is 14.2 Å². The molecule has 0 aromatic heterocycles. The second-order valence-corrected chi connectivity index (χ2v) is 6.08. The van der Waals surface area contributed by atoms with Crippen molar-refractivity contribution in [3.05, 3.63) is 66.8 Å². The van der Waals surface area contributed by atoms with Gasteiger partial charge in [-0.3, -0.25) is 9.59 Å². The predicted octanol–water partition coefficient (Wildman–Crippen LogP) is 4.25. The minimum atomic E-state index is -0.378. The number of rotatable bonds is 10. The lowest BCUT2D eigenvalue weighted by molar-refractivity contribution is -0.134. The summed E-state index contributed by atoms with van der Waals surface area (Å²) in [6, 6.07) is 12.6. The molecule has 0 aliphatic carbocycles. The first-order valence-corrected chi connectivity index (χ1v) is 9.07. The van der Waals surface area contributed by atoms with Crippen molar-refractivity contribution >= 4 is 23.6 Å². The van der Waals surface area contributed by atoms with Crippen molar-refractivity contribution in [1.29, 1.82) is 0 Å². The Morgan fingerprint density at radius 3 is 2.45 bits per heavy atom. The van der Waals surface area contributed by atoms with E-state index in [-0.39, 0.29) is 12.4 Å². The van der Waals surface area contributed by atoms with Gasteiger partial charge in [0, 0.05) is 36.9 Å². The van der Waals surface area contributed by atoms with Crippen LogP contribution in [0.15, 0.2) is 61.2 Å². The van der Waals surface area contributed by atoms with Gasteiger partial charge in [-0.1, -0.05) is 18.2 Å². The highest BCUT2D eigenvalue weighted by molar-refractivity contribution is 5.90. The Balaban J connectivity index is 2.41. The lowest BCUT2D eigenvalue weighted by atomic mass is 10.1. The Kier molecular flexibility index (Phi) is 8.03. The van der Waals surface area contributed by atoms with Crippen molar-refractivity contribution in [2.24, 2.45) is 0 Å². The summed E-state index contributed by atoms with van der Waals surface area (Å²) in [6.07, 6.45) is 4.59. The predicted molar refractivity (Wildman–Crippen MR) is 113 cm³/mol. The molecule has 29 heavy (non-hydrogen) atoms. The van der Waals surface area contributed by atoms with E-state index in [9.17, 15) is 9.59 Å². The quantitative estimate of drug-likeness (QED) is 0.197. The molecule has 0 saturated carbocycles. The van der Waals surface area contributed by atoms with E-state index in [1.54, 1.807) is 25.3 Å². The summed E-state index contributed by atoms with van der Waals surface area (Å²) < 4.78 is 16.2. The number of aldehydes is 1. The van der Waals surface area contributed by atoms with E-state index < -0.39 is 0 Å². The summed E-state index contributed by atoms with van der Waals surface area (Å²) in [4.78, 5) is 25.2. The normalized spacial score (nSPS) is 10.8. The molecule has 0 saturated heterocycles. The number of hydrogen-bond donors (Lipinski definition) is 0. The Morgan fingerprint density at radius 1 is 1.07 bits per heavy atom. The van der Waals surface area contributed by atoms with E-state index in [1.807, 2.05) is 42.3 Å². The molecule has 0 heterocycles. The Morgan fingerprint density at radius 2 is 1.79 bits per heavy atom. The van der Waals surface area contributed by atoms with Gasteiger partial charge in [0.05, 0.1) is 19.9 Å². The minimum Gasteiger partial charge on any atom is -0.496 e. The highest BCUT2D eigenvalue weighted by atomic mass is 16.6. The Hall–Kier alpha value is -3.54. The number of hydrogen-bond acceptors (Lipinski definition) is 6. The van der Waals surface area contributed by atoms with E-state index in [0.29, 0.717) is 35.1 Å². The average Bonchev–Trinajstić information content (AvgIpc) is 2.75. The lowest BCUT2D eigenvalue weighted by Crippen LogP contribution is -2.17. The minimum absolute atomic E-state index is 0.226. The van der Waals surface area contributed by atoms with Gasteiger partial charge < -0.3 is 19.1 Å². The second kappa shape index (κ2) is 10.7. The maximum absolute atomic E-state index is 12.0. The summed E-state index contributed by atoms with van der Waals surface area (Å²) in [7, 11) is 4.89. The van der Waals surface area contributed by atoms with Crippen LogP contribution in [0.5, 0.6) is 17.2 Å². The van der Waals surface area contributed by atoms with Crippen LogP contribution in [0.3, 0.4) is 0 Å². The molecule has 0 N–H and O–H groups in total. The lowest BCUT2D eigenvalue weighted by Gasteiger charge is -2.25. The van der Waals surface area contributed by atoms with Crippen LogP contribution in [0.1, 0.15) is 18.4 Å².